The third kappa shape index (κ3) is 3.96. The van der Waals surface area contributed by atoms with Crippen LogP contribution < -0.4 is 5.32 Å². The molecule has 1 heterocycles. The van der Waals surface area contributed by atoms with Crippen LogP contribution in [0.1, 0.15) is 51.3 Å². The number of hydrogen-bond acceptors (Lipinski definition) is 3. The van der Waals surface area contributed by atoms with Crippen LogP contribution in [0, 0.1) is 5.41 Å². The Hall–Kier alpha value is -1.88. The standard InChI is InChI=1S/C19H27N3O2/c1-19(2,13-23)10-5-11-20-17(24)12-22-16-7-4-3-6-15(16)21-18(22)14-8-9-14/h3-4,6-7,14,23H,5,8-13H2,1-2H3,(H,20,24). The zero-order valence-corrected chi connectivity index (χ0v) is 14.6. The maximum absolute atomic E-state index is 12.3. The molecule has 5 nitrogen and oxygen atoms in total. The molecule has 5 heteroatoms. The van der Waals surface area contributed by atoms with Crippen molar-refractivity contribution in [1.29, 1.82) is 0 Å². The molecule has 1 aliphatic rings. The largest absolute Gasteiger partial charge is 0.396 e. The van der Waals surface area contributed by atoms with Gasteiger partial charge in [0.15, 0.2) is 0 Å². The normalized spacial score (nSPS) is 15.0. The number of carbonyl (C=O) groups is 1. The molecule has 1 fully saturated rings. The predicted octanol–water partition coefficient (Wildman–Crippen LogP) is 2.83. The summed E-state index contributed by atoms with van der Waals surface area (Å²) in [7, 11) is 0. The van der Waals surface area contributed by atoms with Gasteiger partial charge in [0.1, 0.15) is 12.4 Å². The third-order valence-electron chi connectivity index (χ3n) is 4.71. The number of fused-ring (bicyclic) bond motifs is 1. The fourth-order valence-electron chi connectivity index (χ4n) is 2.99. The summed E-state index contributed by atoms with van der Waals surface area (Å²) >= 11 is 0. The molecular weight excluding hydrogens is 302 g/mol. The van der Waals surface area contributed by atoms with E-state index in [1.165, 1.54) is 12.8 Å². The van der Waals surface area contributed by atoms with Crippen LogP contribution in [0.3, 0.4) is 0 Å². The van der Waals surface area contributed by atoms with Crippen molar-refractivity contribution in [2.75, 3.05) is 13.2 Å². The first-order chi connectivity index (χ1) is 11.5. The summed E-state index contributed by atoms with van der Waals surface area (Å²) in [4.78, 5) is 17.1. The number of carbonyl (C=O) groups excluding carboxylic acids is 1. The number of benzene rings is 1. The Bertz CT molecular complexity index is 716. The van der Waals surface area contributed by atoms with Crippen molar-refractivity contribution in [3.05, 3.63) is 30.1 Å². The quantitative estimate of drug-likeness (QED) is 0.732. The first-order valence-electron chi connectivity index (χ1n) is 8.83. The van der Waals surface area contributed by atoms with E-state index in [0.29, 0.717) is 19.0 Å². The minimum atomic E-state index is -0.0789. The summed E-state index contributed by atoms with van der Waals surface area (Å²) in [5.41, 5.74) is 1.93. The van der Waals surface area contributed by atoms with E-state index in [1.54, 1.807) is 0 Å². The Morgan fingerprint density at radius 3 is 2.83 bits per heavy atom. The monoisotopic (exact) mass is 329 g/mol. The lowest BCUT2D eigenvalue weighted by molar-refractivity contribution is -0.121. The molecule has 130 valence electrons. The molecule has 1 aromatic carbocycles. The van der Waals surface area contributed by atoms with Gasteiger partial charge in [-0.05, 0) is 43.2 Å². The molecule has 0 aliphatic heterocycles. The maximum atomic E-state index is 12.3. The minimum Gasteiger partial charge on any atom is -0.396 e. The molecule has 2 aromatic rings. The van der Waals surface area contributed by atoms with E-state index in [9.17, 15) is 9.90 Å². The highest BCUT2D eigenvalue weighted by molar-refractivity contribution is 5.81. The Kier molecular flexibility index (Phi) is 4.90. The van der Waals surface area contributed by atoms with Gasteiger partial charge in [-0.2, -0.15) is 0 Å². The second-order valence-corrected chi connectivity index (χ2v) is 7.59. The summed E-state index contributed by atoms with van der Waals surface area (Å²) in [5.74, 6) is 1.59. The summed E-state index contributed by atoms with van der Waals surface area (Å²) in [6.45, 7) is 5.22. The maximum Gasteiger partial charge on any atom is 0.240 e. The zero-order chi connectivity index (χ0) is 17.2. The second-order valence-electron chi connectivity index (χ2n) is 7.59. The lowest BCUT2D eigenvalue weighted by atomic mass is 9.89. The average molecular weight is 329 g/mol. The first kappa shape index (κ1) is 17.0. The van der Waals surface area contributed by atoms with E-state index < -0.39 is 0 Å². The lowest BCUT2D eigenvalue weighted by Gasteiger charge is -2.21. The van der Waals surface area contributed by atoms with Gasteiger partial charge in [0.2, 0.25) is 5.91 Å². The van der Waals surface area contributed by atoms with Crippen molar-refractivity contribution in [3.8, 4) is 0 Å². The number of hydrogen-bond donors (Lipinski definition) is 2. The molecule has 1 aliphatic carbocycles. The van der Waals surface area contributed by atoms with E-state index in [-0.39, 0.29) is 17.9 Å². The number of para-hydroxylation sites is 2. The van der Waals surface area contributed by atoms with Gasteiger partial charge in [-0.25, -0.2) is 4.98 Å². The molecule has 0 bridgehead atoms. The molecule has 1 aromatic heterocycles. The second kappa shape index (κ2) is 6.93. The van der Waals surface area contributed by atoms with Gasteiger partial charge < -0.3 is 15.0 Å². The van der Waals surface area contributed by atoms with E-state index in [4.69, 9.17) is 4.98 Å². The van der Waals surface area contributed by atoms with Crippen molar-refractivity contribution in [3.63, 3.8) is 0 Å². The summed E-state index contributed by atoms with van der Waals surface area (Å²) < 4.78 is 2.07. The van der Waals surface area contributed by atoms with Crippen molar-refractivity contribution in [2.45, 2.75) is 52.0 Å². The molecule has 0 saturated heterocycles. The lowest BCUT2D eigenvalue weighted by Crippen LogP contribution is -2.30. The summed E-state index contributed by atoms with van der Waals surface area (Å²) in [5, 5.41) is 12.3. The van der Waals surface area contributed by atoms with Crippen LogP contribution in [-0.2, 0) is 11.3 Å². The van der Waals surface area contributed by atoms with Crippen molar-refractivity contribution in [1.82, 2.24) is 14.9 Å². The van der Waals surface area contributed by atoms with Crippen molar-refractivity contribution < 1.29 is 9.90 Å². The fraction of sp³-hybridized carbons (Fsp3) is 0.579. The topological polar surface area (TPSA) is 67.2 Å². The molecular formula is C19H27N3O2. The van der Waals surface area contributed by atoms with Crippen LogP contribution in [0.25, 0.3) is 11.0 Å². The number of nitrogens with zero attached hydrogens (tertiary/aromatic N) is 2. The Labute approximate surface area is 143 Å². The number of imidazole rings is 1. The number of nitrogens with one attached hydrogen (secondary N) is 1. The minimum absolute atomic E-state index is 0.0295. The molecule has 0 radical (unpaired) electrons. The number of aromatic nitrogens is 2. The Morgan fingerprint density at radius 1 is 1.38 bits per heavy atom. The predicted molar refractivity (Wildman–Crippen MR) is 94.8 cm³/mol. The van der Waals surface area contributed by atoms with Gasteiger partial charge in [0.25, 0.3) is 0 Å². The van der Waals surface area contributed by atoms with Gasteiger partial charge in [-0.1, -0.05) is 26.0 Å². The highest BCUT2D eigenvalue weighted by atomic mass is 16.3. The van der Waals surface area contributed by atoms with Gasteiger partial charge in [0.05, 0.1) is 11.0 Å². The van der Waals surface area contributed by atoms with E-state index in [0.717, 1.165) is 29.7 Å². The van der Waals surface area contributed by atoms with E-state index in [1.807, 2.05) is 38.1 Å². The Balaban J connectivity index is 1.60. The molecule has 1 amide bonds. The summed E-state index contributed by atoms with van der Waals surface area (Å²) in [6.07, 6.45) is 4.10. The number of amides is 1. The molecule has 0 unspecified atom stereocenters. The van der Waals surface area contributed by atoms with Crippen molar-refractivity contribution >= 4 is 16.9 Å². The highest BCUT2D eigenvalue weighted by Gasteiger charge is 2.30. The zero-order valence-electron chi connectivity index (χ0n) is 14.6. The molecule has 0 atom stereocenters. The van der Waals surface area contributed by atoms with Gasteiger partial charge in [-0.15, -0.1) is 0 Å². The third-order valence-corrected chi connectivity index (χ3v) is 4.71. The SMILES string of the molecule is CC(C)(CO)CCCNC(=O)Cn1c(C2CC2)nc2ccccc21. The van der Waals surface area contributed by atoms with Crippen LogP contribution >= 0.6 is 0 Å². The van der Waals surface area contributed by atoms with Crippen LogP contribution in [0.4, 0.5) is 0 Å². The molecule has 2 N–H and O–H groups in total. The van der Waals surface area contributed by atoms with E-state index in [2.05, 4.69) is 9.88 Å². The van der Waals surface area contributed by atoms with Crippen molar-refractivity contribution in [2.24, 2.45) is 5.41 Å². The number of aliphatic hydroxyl groups excluding tert-OH is 1. The molecule has 24 heavy (non-hydrogen) atoms. The molecule has 1 saturated carbocycles. The fourth-order valence-corrected chi connectivity index (χ4v) is 2.99. The molecule has 0 spiro atoms. The summed E-state index contributed by atoms with van der Waals surface area (Å²) in [6, 6.07) is 8.02. The van der Waals surface area contributed by atoms with Gasteiger partial charge >= 0.3 is 0 Å². The highest BCUT2D eigenvalue weighted by Crippen LogP contribution is 2.40. The van der Waals surface area contributed by atoms with Crippen LogP contribution in [-0.4, -0.2) is 33.7 Å². The van der Waals surface area contributed by atoms with Gasteiger partial charge in [0, 0.05) is 19.1 Å². The van der Waals surface area contributed by atoms with Crippen LogP contribution in [0.2, 0.25) is 0 Å². The van der Waals surface area contributed by atoms with Gasteiger partial charge in [-0.3, -0.25) is 4.79 Å². The van der Waals surface area contributed by atoms with Crippen LogP contribution in [0.5, 0.6) is 0 Å². The van der Waals surface area contributed by atoms with Crippen LogP contribution in [0.15, 0.2) is 24.3 Å². The van der Waals surface area contributed by atoms with E-state index >= 15 is 0 Å². The Morgan fingerprint density at radius 2 is 2.12 bits per heavy atom. The first-order valence-corrected chi connectivity index (χ1v) is 8.83. The smallest absolute Gasteiger partial charge is 0.240 e. The number of rotatable bonds is 8. The average Bonchev–Trinajstić information content (AvgIpc) is 3.35. The number of aliphatic hydroxyl groups is 1. The molecule has 3 rings (SSSR count).